The summed E-state index contributed by atoms with van der Waals surface area (Å²) in [7, 11) is 0. The van der Waals surface area contributed by atoms with Crippen molar-refractivity contribution in [2.45, 2.75) is 31.7 Å². The van der Waals surface area contributed by atoms with E-state index in [1.807, 2.05) is 4.90 Å². The lowest BCUT2D eigenvalue weighted by atomic mass is 10.1. The fourth-order valence-electron chi connectivity index (χ4n) is 3.15. The van der Waals surface area contributed by atoms with Crippen molar-refractivity contribution in [2.75, 3.05) is 31.9 Å². The second-order valence-electron chi connectivity index (χ2n) is 5.62. The molecule has 2 fully saturated rings. The van der Waals surface area contributed by atoms with Crippen molar-refractivity contribution in [2.24, 2.45) is 0 Å². The Labute approximate surface area is 119 Å². The van der Waals surface area contributed by atoms with Crippen molar-refractivity contribution in [3.63, 3.8) is 0 Å². The molecule has 3 heterocycles. The summed E-state index contributed by atoms with van der Waals surface area (Å²) in [5, 5.41) is 0. The van der Waals surface area contributed by atoms with Gasteiger partial charge >= 0.3 is 0 Å². The van der Waals surface area contributed by atoms with Gasteiger partial charge in [0.25, 0.3) is 5.91 Å². The molecule has 1 amide bonds. The van der Waals surface area contributed by atoms with Crippen LogP contribution in [0.15, 0.2) is 12.4 Å². The van der Waals surface area contributed by atoms with Crippen molar-refractivity contribution in [1.82, 2.24) is 19.8 Å². The topological polar surface area (TPSA) is 75.3 Å². The molecule has 0 bridgehead atoms. The molecule has 20 heavy (non-hydrogen) atoms. The molecule has 0 saturated carbocycles. The van der Waals surface area contributed by atoms with Gasteiger partial charge in [-0.1, -0.05) is 6.42 Å². The number of carbonyl (C=O) groups is 1. The van der Waals surface area contributed by atoms with Gasteiger partial charge in [-0.3, -0.25) is 14.7 Å². The van der Waals surface area contributed by atoms with Crippen LogP contribution in [-0.2, 0) is 0 Å². The third-order valence-electron chi connectivity index (χ3n) is 4.23. The first-order valence-corrected chi connectivity index (χ1v) is 7.35. The van der Waals surface area contributed by atoms with Gasteiger partial charge in [0.15, 0.2) is 0 Å². The number of rotatable bonds is 2. The number of hydrogen-bond donors (Lipinski definition) is 1. The Morgan fingerprint density at radius 3 is 2.75 bits per heavy atom. The maximum absolute atomic E-state index is 12.4. The number of amides is 1. The van der Waals surface area contributed by atoms with Crippen LogP contribution in [-0.4, -0.2) is 57.9 Å². The number of carbonyl (C=O) groups excluding carboxylic acids is 1. The summed E-state index contributed by atoms with van der Waals surface area (Å²) in [6, 6.07) is 0.508. The van der Waals surface area contributed by atoms with Crippen LogP contribution in [0.25, 0.3) is 0 Å². The van der Waals surface area contributed by atoms with Gasteiger partial charge in [0.05, 0.1) is 12.4 Å². The summed E-state index contributed by atoms with van der Waals surface area (Å²) in [6.45, 7) is 3.95. The van der Waals surface area contributed by atoms with Crippen molar-refractivity contribution >= 4 is 11.7 Å². The molecule has 1 atom stereocenters. The predicted octanol–water partition coefficient (Wildman–Crippen LogP) is 0.759. The van der Waals surface area contributed by atoms with Crippen LogP contribution in [0, 0.1) is 0 Å². The van der Waals surface area contributed by atoms with Crippen molar-refractivity contribution < 1.29 is 4.79 Å². The minimum atomic E-state index is -0.0516. The second-order valence-corrected chi connectivity index (χ2v) is 5.62. The number of nitrogens with zero attached hydrogens (tertiary/aromatic N) is 4. The molecule has 1 aromatic rings. The third-order valence-corrected chi connectivity index (χ3v) is 4.23. The Hall–Kier alpha value is -1.69. The molecule has 0 aliphatic carbocycles. The van der Waals surface area contributed by atoms with E-state index in [-0.39, 0.29) is 5.91 Å². The van der Waals surface area contributed by atoms with Crippen molar-refractivity contribution in [3.05, 3.63) is 18.1 Å². The summed E-state index contributed by atoms with van der Waals surface area (Å²) in [6.07, 6.45) is 7.91. The Kier molecular flexibility index (Phi) is 3.82. The zero-order valence-electron chi connectivity index (χ0n) is 11.7. The van der Waals surface area contributed by atoms with Crippen LogP contribution in [0.3, 0.4) is 0 Å². The fourth-order valence-corrected chi connectivity index (χ4v) is 3.15. The summed E-state index contributed by atoms with van der Waals surface area (Å²) in [4.78, 5) is 24.8. The van der Waals surface area contributed by atoms with Crippen LogP contribution in [0.5, 0.6) is 0 Å². The maximum Gasteiger partial charge on any atom is 0.274 e. The monoisotopic (exact) mass is 275 g/mol. The van der Waals surface area contributed by atoms with Crippen LogP contribution in [0.4, 0.5) is 5.82 Å². The highest BCUT2D eigenvalue weighted by Crippen LogP contribution is 2.21. The van der Waals surface area contributed by atoms with E-state index >= 15 is 0 Å². The van der Waals surface area contributed by atoms with E-state index in [2.05, 4.69) is 14.9 Å². The average Bonchev–Trinajstić information content (AvgIpc) is 2.97. The van der Waals surface area contributed by atoms with E-state index in [0.29, 0.717) is 17.6 Å². The van der Waals surface area contributed by atoms with Gasteiger partial charge in [0.1, 0.15) is 11.5 Å². The van der Waals surface area contributed by atoms with Crippen LogP contribution >= 0.6 is 0 Å². The van der Waals surface area contributed by atoms with Crippen LogP contribution < -0.4 is 5.73 Å². The summed E-state index contributed by atoms with van der Waals surface area (Å²) < 4.78 is 0. The summed E-state index contributed by atoms with van der Waals surface area (Å²) in [5.41, 5.74) is 5.94. The highest BCUT2D eigenvalue weighted by molar-refractivity contribution is 5.92. The number of aromatic nitrogens is 2. The molecule has 0 spiro atoms. The van der Waals surface area contributed by atoms with Crippen LogP contribution in [0.1, 0.15) is 36.2 Å². The van der Waals surface area contributed by atoms with Crippen molar-refractivity contribution in [1.29, 1.82) is 0 Å². The molecule has 2 aliphatic rings. The minimum absolute atomic E-state index is 0.0516. The first-order valence-electron chi connectivity index (χ1n) is 7.35. The Balaban J connectivity index is 1.63. The lowest BCUT2D eigenvalue weighted by Gasteiger charge is -2.32. The molecule has 0 aromatic carbocycles. The normalized spacial score (nSPS) is 24.0. The van der Waals surface area contributed by atoms with Gasteiger partial charge < -0.3 is 10.6 Å². The van der Waals surface area contributed by atoms with Gasteiger partial charge in [-0.2, -0.15) is 0 Å². The maximum atomic E-state index is 12.4. The summed E-state index contributed by atoms with van der Waals surface area (Å²) >= 11 is 0. The average molecular weight is 275 g/mol. The molecule has 0 radical (unpaired) electrons. The Morgan fingerprint density at radius 1 is 1.20 bits per heavy atom. The van der Waals surface area contributed by atoms with Crippen LogP contribution in [0.2, 0.25) is 0 Å². The molecular weight excluding hydrogens is 254 g/mol. The zero-order chi connectivity index (χ0) is 13.9. The number of piperidine rings is 1. The molecule has 108 valence electrons. The standard InChI is InChI=1S/C14H21N5O/c15-13-9-16-8-12(17-13)14(20)19-7-4-11(10-19)18-5-2-1-3-6-18/h8-9,11H,1-7,10H2,(H2,15,17). The highest BCUT2D eigenvalue weighted by atomic mass is 16.2. The van der Waals surface area contributed by atoms with Gasteiger partial charge in [-0.15, -0.1) is 0 Å². The smallest absolute Gasteiger partial charge is 0.274 e. The van der Waals surface area contributed by atoms with E-state index in [9.17, 15) is 4.79 Å². The van der Waals surface area contributed by atoms with Gasteiger partial charge in [-0.25, -0.2) is 4.98 Å². The van der Waals surface area contributed by atoms with E-state index in [1.165, 1.54) is 44.7 Å². The lowest BCUT2D eigenvalue weighted by Crippen LogP contribution is -2.41. The first-order chi connectivity index (χ1) is 9.74. The van der Waals surface area contributed by atoms with E-state index in [1.54, 1.807) is 0 Å². The SMILES string of the molecule is Nc1cncc(C(=O)N2CCC(N3CCCCC3)C2)n1. The molecule has 6 heteroatoms. The number of anilines is 1. The van der Waals surface area contributed by atoms with Gasteiger partial charge in [0, 0.05) is 19.1 Å². The number of nitrogen functional groups attached to an aromatic ring is 1. The van der Waals surface area contributed by atoms with Gasteiger partial charge in [0.2, 0.25) is 0 Å². The van der Waals surface area contributed by atoms with E-state index < -0.39 is 0 Å². The lowest BCUT2D eigenvalue weighted by molar-refractivity contribution is 0.0765. The zero-order valence-corrected chi connectivity index (χ0v) is 11.7. The molecule has 3 rings (SSSR count). The Bertz CT molecular complexity index is 486. The van der Waals surface area contributed by atoms with E-state index in [4.69, 9.17) is 5.73 Å². The largest absolute Gasteiger partial charge is 0.382 e. The molecule has 1 unspecified atom stereocenters. The third kappa shape index (κ3) is 2.75. The fraction of sp³-hybridized carbons (Fsp3) is 0.643. The quantitative estimate of drug-likeness (QED) is 0.862. The second kappa shape index (κ2) is 5.75. The Morgan fingerprint density at radius 2 is 2.00 bits per heavy atom. The minimum Gasteiger partial charge on any atom is -0.382 e. The molecule has 6 nitrogen and oxygen atoms in total. The molecular formula is C14H21N5O. The molecule has 2 aliphatic heterocycles. The molecule has 2 saturated heterocycles. The highest BCUT2D eigenvalue weighted by Gasteiger charge is 2.31. The summed E-state index contributed by atoms with van der Waals surface area (Å²) in [5.74, 6) is 0.243. The molecule has 1 aromatic heterocycles. The number of hydrogen-bond acceptors (Lipinski definition) is 5. The first kappa shape index (κ1) is 13.3. The van der Waals surface area contributed by atoms with Crippen molar-refractivity contribution in [3.8, 4) is 0 Å². The number of nitrogens with two attached hydrogens (primary N) is 1. The molecule has 2 N–H and O–H groups in total. The number of likely N-dealkylation sites (tertiary alicyclic amines) is 2. The van der Waals surface area contributed by atoms with Gasteiger partial charge in [-0.05, 0) is 32.4 Å². The van der Waals surface area contributed by atoms with E-state index in [0.717, 1.165) is 19.5 Å². The predicted molar refractivity (Wildman–Crippen MR) is 76.2 cm³/mol.